The standard InChI is InChI=1S/C21H22N2O2/c1-16-11-19-20(25-15-24-19)12-17(16)13-23-9-7-21(14-22,8-10-23)18-5-3-2-4-6-18/h2-6,11-12H,7-10,13,15H2,1H3. The number of nitriles is 1. The second-order valence-electron chi connectivity index (χ2n) is 6.97. The van der Waals surface area contributed by atoms with Crippen LogP contribution < -0.4 is 9.47 Å². The predicted octanol–water partition coefficient (Wildman–Crippen LogP) is 3.78. The van der Waals surface area contributed by atoms with Crippen molar-refractivity contribution in [3.05, 3.63) is 59.2 Å². The molecular weight excluding hydrogens is 312 g/mol. The molecule has 2 heterocycles. The molecule has 0 spiro atoms. The molecule has 4 rings (SSSR count). The van der Waals surface area contributed by atoms with E-state index in [2.05, 4.69) is 42.2 Å². The van der Waals surface area contributed by atoms with E-state index in [1.165, 1.54) is 11.1 Å². The molecule has 128 valence electrons. The molecular formula is C21H22N2O2. The van der Waals surface area contributed by atoms with Crippen LogP contribution in [0, 0.1) is 18.3 Å². The lowest BCUT2D eigenvalue weighted by molar-refractivity contribution is 0.173. The van der Waals surface area contributed by atoms with Crippen LogP contribution in [0.25, 0.3) is 0 Å². The third-order valence-electron chi connectivity index (χ3n) is 5.48. The number of fused-ring (bicyclic) bond motifs is 1. The Balaban J connectivity index is 1.47. The number of ether oxygens (including phenoxy) is 2. The van der Waals surface area contributed by atoms with Crippen molar-refractivity contribution >= 4 is 0 Å². The molecule has 4 heteroatoms. The molecule has 2 aliphatic rings. The zero-order valence-electron chi connectivity index (χ0n) is 14.5. The minimum atomic E-state index is -0.346. The van der Waals surface area contributed by atoms with Crippen molar-refractivity contribution in [2.45, 2.75) is 31.7 Å². The van der Waals surface area contributed by atoms with Gasteiger partial charge in [-0.15, -0.1) is 0 Å². The van der Waals surface area contributed by atoms with E-state index in [4.69, 9.17) is 9.47 Å². The SMILES string of the molecule is Cc1cc2c(cc1CN1CCC(C#N)(c3ccccc3)CC1)OCO2. The molecule has 0 radical (unpaired) electrons. The quantitative estimate of drug-likeness (QED) is 0.857. The fourth-order valence-corrected chi connectivity index (χ4v) is 3.81. The van der Waals surface area contributed by atoms with Gasteiger partial charge in [-0.05, 0) is 48.6 Å². The Morgan fingerprint density at radius 2 is 1.76 bits per heavy atom. The van der Waals surface area contributed by atoms with Crippen molar-refractivity contribution in [1.82, 2.24) is 4.90 Å². The average Bonchev–Trinajstić information content (AvgIpc) is 3.10. The van der Waals surface area contributed by atoms with Gasteiger partial charge in [-0.25, -0.2) is 0 Å². The van der Waals surface area contributed by atoms with Crippen molar-refractivity contribution in [3.63, 3.8) is 0 Å². The maximum atomic E-state index is 9.82. The normalized spacial score (nSPS) is 18.7. The smallest absolute Gasteiger partial charge is 0.231 e. The van der Waals surface area contributed by atoms with Gasteiger partial charge in [-0.1, -0.05) is 30.3 Å². The average molecular weight is 334 g/mol. The van der Waals surface area contributed by atoms with E-state index in [1.54, 1.807) is 0 Å². The Kier molecular flexibility index (Phi) is 4.10. The van der Waals surface area contributed by atoms with Gasteiger partial charge in [0.1, 0.15) is 0 Å². The Labute approximate surface area is 148 Å². The summed E-state index contributed by atoms with van der Waals surface area (Å²) in [4.78, 5) is 2.43. The maximum absolute atomic E-state index is 9.82. The molecule has 0 bridgehead atoms. The number of hydrogen-bond acceptors (Lipinski definition) is 4. The highest BCUT2D eigenvalue weighted by molar-refractivity contribution is 5.48. The first kappa shape index (κ1) is 16.0. The highest BCUT2D eigenvalue weighted by Gasteiger charge is 2.36. The molecule has 0 atom stereocenters. The Morgan fingerprint density at radius 3 is 2.44 bits per heavy atom. The van der Waals surface area contributed by atoms with Gasteiger partial charge in [-0.3, -0.25) is 4.90 Å². The van der Waals surface area contributed by atoms with E-state index in [0.29, 0.717) is 6.79 Å². The molecule has 0 saturated carbocycles. The van der Waals surface area contributed by atoms with Gasteiger partial charge >= 0.3 is 0 Å². The first-order chi connectivity index (χ1) is 12.2. The molecule has 0 unspecified atom stereocenters. The lowest BCUT2D eigenvalue weighted by Gasteiger charge is -2.37. The number of rotatable bonds is 3. The number of aryl methyl sites for hydroxylation is 1. The monoisotopic (exact) mass is 334 g/mol. The molecule has 0 amide bonds. The topological polar surface area (TPSA) is 45.5 Å². The number of hydrogen-bond donors (Lipinski definition) is 0. The van der Waals surface area contributed by atoms with E-state index < -0.39 is 0 Å². The number of piperidine rings is 1. The fourth-order valence-electron chi connectivity index (χ4n) is 3.81. The van der Waals surface area contributed by atoms with Gasteiger partial charge in [0.05, 0.1) is 11.5 Å². The number of benzene rings is 2. The van der Waals surface area contributed by atoms with Gasteiger partial charge in [0, 0.05) is 19.6 Å². The molecule has 1 fully saturated rings. The third-order valence-corrected chi connectivity index (χ3v) is 5.48. The van der Waals surface area contributed by atoms with Crippen LogP contribution in [0.15, 0.2) is 42.5 Å². The van der Waals surface area contributed by atoms with Gasteiger partial charge in [-0.2, -0.15) is 5.26 Å². The Bertz CT molecular complexity index is 803. The van der Waals surface area contributed by atoms with Gasteiger partial charge in [0.15, 0.2) is 11.5 Å². The molecule has 2 aromatic carbocycles. The van der Waals surface area contributed by atoms with E-state index in [1.807, 2.05) is 18.2 Å². The zero-order chi connectivity index (χ0) is 17.3. The number of likely N-dealkylation sites (tertiary alicyclic amines) is 1. The summed E-state index contributed by atoms with van der Waals surface area (Å²) in [6, 6.07) is 17.0. The summed E-state index contributed by atoms with van der Waals surface area (Å²) < 4.78 is 11.0. The van der Waals surface area contributed by atoms with Gasteiger partial charge < -0.3 is 9.47 Å². The summed E-state index contributed by atoms with van der Waals surface area (Å²) >= 11 is 0. The summed E-state index contributed by atoms with van der Waals surface area (Å²) in [6.07, 6.45) is 1.74. The third kappa shape index (κ3) is 2.96. The second kappa shape index (κ2) is 6.42. The highest BCUT2D eigenvalue weighted by Crippen LogP contribution is 2.37. The summed E-state index contributed by atoms with van der Waals surface area (Å²) in [6.45, 7) is 5.17. The molecule has 4 nitrogen and oxygen atoms in total. The van der Waals surface area contributed by atoms with Crippen LogP contribution >= 0.6 is 0 Å². The predicted molar refractivity (Wildman–Crippen MR) is 95.5 cm³/mol. The van der Waals surface area contributed by atoms with Crippen LogP contribution in [-0.4, -0.2) is 24.8 Å². The van der Waals surface area contributed by atoms with E-state index in [9.17, 15) is 5.26 Å². The van der Waals surface area contributed by atoms with Gasteiger partial charge in [0.2, 0.25) is 6.79 Å². The lowest BCUT2D eigenvalue weighted by Crippen LogP contribution is -2.41. The van der Waals surface area contributed by atoms with Crippen LogP contribution in [0.3, 0.4) is 0 Å². The summed E-state index contributed by atoms with van der Waals surface area (Å²) in [5, 5.41) is 9.82. The van der Waals surface area contributed by atoms with Crippen molar-refractivity contribution in [2.24, 2.45) is 0 Å². The first-order valence-corrected chi connectivity index (χ1v) is 8.78. The largest absolute Gasteiger partial charge is 0.454 e. The molecule has 2 aliphatic heterocycles. The Hall–Kier alpha value is -2.51. The number of nitrogens with zero attached hydrogens (tertiary/aromatic N) is 2. The minimum absolute atomic E-state index is 0.309. The molecule has 0 N–H and O–H groups in total. The highest BCUT2D eigenvalue weighted by atomic mass is 16.7. The summed E-state index contributed by atoms with van der Waals surface area (Å²) in [5.74, 6) is 1.68. The molecule has 25 heavy (non-hydrogen) atoms. The van der Waals surface area contributed by atoms with Crippen LogP contribution in [0.4, 0.5) is 0 Å². The van der Waals surface area contributed by atoms with E-state index >= 15 is 0 Å². The second-order valence-corrected chi connectivity index (χ2v) is 6.97. The summed E-state index contributed by atoms with van der Waals surface area (Å²) in [5.41, 5.74) is 3.30. The summed E-state index contributed by atoms with van der Waals surface area (Å²) in [7, 11) is 0. The molecule has 1 saturated heterocycles. The Morgan fingerprint density at radius 1 is 1.08 bits per heavy atom. The molecule has 0 aromatic heterocycles. The maximum Gasteiger partial charge on any atom is 0.231 e. The van der Waals surface area contributed by atoms with Crippen molar-refractivity contribution in [2.75, 3.05) is 19.9 Å². The fraction of sp³-hybridized carbons (Fsp3) is 0.381. The molecule has 0 aliphatic carbocycles. The van der Waals surface area contributed by atoms with Crippen LogP contribution in [0.5, 0.6) is 11.5 Å². The van der Waals surface area contributed by atoms with Crippen molar-refractivity contribution in [3.8, 4) is 17.6 Å². The molecule has 2 aromatic rings. The zero-order valence-corrected chi connectivity index (χ0v) is 14.5. The first-order valence-electron chi connectivity index (χ1n) is 8.78. The van der Waals surface area contributed by atoms with Gasteiger partial charge in [0.25, 0.3) is 0 Å². The lowest BCUT2D eigenvalue weighted by atomic mass is 9.74. The van der Waals surface area contributed by atoms with Crippen LogP contribution in [0.1, 0.15) is 29.5 Å². The van der Waals surface area contributed by atoms with Crippen LogP contribution in [-0.2, 0) is 12.0 Å². The van der Waals surface area contributed by atoms with Crippen molar-refractivity contribution < 1.29 is 9.47 Å². The van der Waals surface area contributed by atoms with Crippen LogP contribution in [0.2, 0.25) is 0 Å². The van der Waals surface area contributed by atoms with E-state index in [0.717, 1.165) is 49.5 Å². The van der Waals surface area contributed by atoms with E-state index in [-0.39, 0.29) is 5.41 Å². The van der Waals surface area contributed by atoms with Crippen molar-refractivity contribution in [1.29, 1.82) is 5.26 Å². The minimum Gasteiger partial charge on any atom is -0.454 e.